The first kappa shape index (κ1) is 12.7. The molecule has 1 aliphatic rings. The highest BCUT2D eigenvalue weighted by Gasteiger charge is 2.26. The number of amides is 1. The summed E-state index contributed by atoms with van der Waals surface area (Å²) in [5.74, 6) is -0.857. The molecule has 1 fully saturated rings. The molecule has 0 radical (unpaired) electrons. The Kier molecular flexibility index (Phi) is 3.72. The highest BCUT2D eigenvalue weighted by Crippen LogP contribution is 2.28. The number of hydrogen-bond acceptors (Lipinski definition) is 4. The number of nitrogens with zero attached hydrogens (tertiary/aromatic N) is 1. The first-order valence-electron chi connectivity index (χ1n) is 6.21. The summed E-state index contributed by atoms with van der Waals surface area (Å²) in [4.78, 5) is 12.1. The van der Waals surface area contributed by atoms with Crippen molar-refractivity contribution in [2.24, 2.45) is 0 Å². The normalized spacial score (nSPS) is 16.5. The summed E-state index contributed by atoms with van der Waals surface area (Å²) in [7, 11) is 0. The molecule has 1 aromatic carbocycles. The maximum absolute atomic E-state index is 12.1. The van der Waals surface area contributed by atoms with Gasteiger partial charge in [-0.3, -0.25) is 10.0 Å². The van der Waals surface area contributed by atoms with E-state index in [2.05, 4.69) is 0 Å². The van der Waals surface area contributed by atoms with Crippen LogP contribution in [0.3, 0.4) is 0 Å². The maximum Gasteiger partial charge on any atom is 0.281 e. The molecule has 1 aliphatic carbocycles. The summed E-state index contributed by atoms with van der Waals surface area (Å²) >= 11 is 0. The van der Waals surface area contributed by atoms with E-state index >= 15 is 0 Å². The van der Waals surface area contributed by atoms with Gasteiger partial charge in [-0.2, -0.15) is 0 Å². The van der Waals surface area contributed by atoms with Crippen molar-refractivity contribution < 1.29 is 15.1 Å². The number of nitrogen functional groups attached to an aromatic ring is 1. The van der Waals surface area contributed by atoms with Crippen LogP contribution in [0, 0.1) is 0 Å². The summed E-state index contributed by atoms with van der Waals surface area (Å²) in [6.45, 7) is 0. The Morgan fingerprint density at radius 1 is 1.28 bits per heavy atom. The van der Waals surface area contributed by atoms with E-state index in [0.717, 1.165) is 37.2 Å². The van der Waals surface area contributed by atoms with Gasteiger partial charge in [-0.05, 0) is 25.0 Å². The van der Waals surface area contributed by atoms with Crippen LogP contribution in [-0.2, 0) is 0 Å². The monoisotopic (exact) mass is 250 g/mol. The molecule has 0 unspecified atom stereocenters. The number of para-hydroxylation sites is 1. The van der Waals surface area contributed by atoms with Gasteiger partial charge in [0.05, 0.1) is 17.3 Å². The molecule has 0 saturated heterocycles. The van der Waals surface area contributed by atoms with Crippen LogP contribution in [0.25, 0.3) is 0 Å². The molecule has 5 nitrogen and oxygen atoms in total. The molecule has 1 aromatic rings. The van der Waals surface area contributed by atoms with E-state index in [9.17, 15) is 15.1 Å². The zero-order valence-electron chi connectivity index (χ0n) is 10.2. The number of anilines is 1. The third kappa shape index (κ3) is 2.41. The van der Waals surface area contributed by atoms with Crippen LogP contribution in [0.4, 0.5) is 5.69 Å². The minimum atomic E-state index is -0.591. The minimum absolute atomic E-state index is 0.0445. The minimum Gasteiger partial charge on any atom is -0.505 e. The Hall–Kier alpha value is -1.75. The predicted octanol–water partition coefficient (Wildman–Crippen LogP) is 2.14. The molecule has 2 rings (SSSR count). The van der Waals surface area contributed by atoms with Gasteiger partial charge in [0.2, 0.25) is 0 Å². The van der Waals surface area contributed by atoms with Crippen molar-refractivity contribution in [2.45, 2.75) is 38.1 Å². The second kappa shape index (κ2) is 5.27. The molecule has 0 heterocycles. The average molecular weight is 250 g/mol. The van der Waals surface area contributed by atoms with Crippen molar-refractivity contribution in [1.29, 1.82) is 0 Å². The van der Waals surface area contributed by atoms with Gasteiger partial charge in [-0.25, -0.2) is 5.06 Å². The number of phenolic OH excluding ortho intramolecular Hbond substituents is 1. The number of carbonyl (C=O) groups excluding carboxylic acids is 1. The van der Waals surface area contributed by atoms with Crippen LogP contribution >= 0.6 is 0 Å². The van der Waals surface area contributed by atoms with Crippen LogP contribution in [0.2, 0.25) is 0 Å². The zero-order valence-corrected chi connectivity index (χ0v) is 10.2. The smallest absolute Gasteiger partial charge is 0.281 e. The molecular weight excluding hydrogens is 232 g/mol. The van der Waals surface area contributed by atoms with Crippen LogP contribution in [0.5, 0.6) is 5.75 Å². The third-order valence-electron chi connectivity index (χ3n) is 3.43. The molecule has 4 N–H and O–H groups in total. The highest BCUT2D eigenvalue weighted by molar-refractivity contribution is 5.97. The van der Waals surface area contributed by atoms with E-state index in [1.54, 1.807) is 6.07 Å². The summed E-state index contributed by atoms with van der Waals surface area (Å²) in [5.41, 5.74) is 5.72. The molecule has 0 aromatic heterocycles. The maximum atomic E-state index is 12.1. The van der Waals surface area contributed by atoms with Crippen LogP contribution in [-0.4, -0.2) is 27.3 Å². The van der Waals surface area contributed by atoms with Gasteiger partial charge in [0.1, 0.15) is 0 Å². The van der Waals surface area contributed by atoms with Gasteiger partial charge >= 0.3 is 0 Å². The van der Waals surface area contributed by atoms with E-state index in [0.29, 0.717) is 0 Å². The Morgan fingerprint density at radius 3 is 2.61 bits per heavy atom. The van der Waals surface area contributed by atoms with E-state index in [1.165, 1.54) is 12.1 Å². The molecule has 0 atom stereocenters. The fourth-order valence-corrected chi connectivity index (χ4v) is 2.35. The van der Waals surface area contributed by atoms with E-state index in [4.69, 9.17) is 5.73 Å². The summed E-state index contributed by atoms with van der Waals surface area (Å²) < 4.78 is 0. The first-order chi connectivity index (χ1) is 8.61. The van der Waals surface area contributed by atoms with Gasteiger partial charge in [-0.1, -0.05) is 25.3 Å². The summed E-state index contributed by atoms with van der Waals surface area (Å²) in [6, 6.07) is 4.39. The standard InChI is InChI=1S/C13H18N2O3/c14-11-8-4-7-10(12(11)16)13(17)15(18)9-5-2-1-3-6-9/h4,7-9,16,18H,1-3,5-6,14H2. The second-order valence-electron chi connectivity index (χ2n) is 4.68. The molecule has 1 saturated carbocycles. The Labute approximate surface area is 106 Å². The van der Waals surface area contributed by atoms with Crippen LogP contribution < -0.4 is 5.73 Å². The average Bonchev–Trinajstić information content (AvgIpc) is 2.41. The molecule has 0 spiro atoms. The predicted molar refractivity (Wildman–Crippen MR) is 67.3 cm³/mol. The number of carbonyl (C=O) groups is 1. The number of phenols is 1. The molecule has 18 heavy (non-hydrogen) atoms. The molecule has 1 amide bonds. The SMILES string of the molecule is Nc1cccc(C(=O)N(O)C2CCCCC2)c1O. The van der Waals surface area contributed by atoms with Crippen molar-refractivity contribution in [1.82, 2.24) is 5.06 Å². The van der Waals surface area contributed by atoms with Crippen molar-refractivity contribution in [2.75, 3.05) is 5.73 Å². The van der Waals surface area contributed by atoms with E-state index in [1.807, 2.05) is 0 Å². The van der Waals surface area contributed by atoms with Gasteiger partial charge in [0.15, 0.2) is 5.75 Å². The number of aromatic hydroxyl groups is 1. The van der Waals surface area contributed by atoms with Crippen molar-refractivity contribution in [3.05, 3.63) is 23.8 Å². The molecule has 98 valence electrons. The number of nitrogens with two attached hydrogens (primary N) is 1. The lowest BCUT2D eigenvalue weighted by Gasteiger charge is -2.29. The number of hydrogen-bond donors (Lipinski definition) is 3. The first-order valence-corrected chi connectivity index (χ1v) is 6.21. The second-order valence-corrected chi connectivity index (χ2v) is 4.68. The van der Waals surface area contributed by atoms with Crippen molar-refractivity contribution in [3.8, 4) is 5.75 Å². The summed E-state index contributed by atoms with van der Waals surface area (Å²) in [5, 5.41) is 20.4. The lowest BCUT2D eigenvalue weighted by molar-refractivity contribution is -0.0965. The third-order valence-corrected chi connectivity index (χ3v) is 3.43. The lowest BCUT2D eigenvalue weighted by Crippen LogP contribution is -2.38. The van der Waals surface area contributed by atoms with E-state index in [-0.39, 0.29) is 23.0 Å². The lowest BCUT2D eigenvalue weighted by atomic mass is 9.95. The zero-order chi connectivity index (χ0) is 13.1. The molecule has 0 bridgehead atoms. The molecule has 0 aliphatic heterocycles. The highest BCUT2D eigenvalue weighted by atomic mass is 16.5. The van der Waals surface area contributed by atoms with Gasteiger partial charge < -0.3 is 10.8 Å². The topological polar surface area (TPSA) is 86.8 Å². The van der Waals surface area contributed by atoms with Gasteiger partial charge in [0, 0.05) is 0 Å². The van der Waals surface area contributed by atoms with Gasteiger partial charge in [0.25, 0.3) is 5.91 Å². The number of benzene rings is 1. The largest absolute Gasteiger partial charge is 0.505 e. The fraction of sp³-hybridized carbons (Fsp3) is 0.462. The van der Waals surface area contributed by atoms with Crippen molar-refractivity contribution in [3.63, 3.8) is 0 Å². The summed E-state index contributed by atoms with van der Waals surface area (Å²) in [6.07, 6.45) is 4.76. The molecular formula is C13H18N2O3. The fourth-order valence-electron chi connectivity index (χ4n) is 2.35. The number of hydroxylamine groups is 2. The van der Waals surface area contributed by atoms with Crippen molar-refractivity contribution >= 4 is 11.6 Å². The number of rotatable bonds is 2. The Balaban J connectivity index is 2.17. The van der Waals surface area contributed by atoms with Crippen LogP contribution in [0.1, 0.15) is 42.5 Å². The Morgan fingerprint density at radius 2 is 1.94 bits per heavy atom. The van der Waals surface area contributed by atoms with Gasteiger partial charge in [-0.15, -0.1) is 0 Å². The molecule has 5 heteroatoms. The van der Waals surface area contributed by atoms with E-state index < -0.39 is 5.91 Å². The quantitative estimate of drug-likeness (QED) is 0.325. The Bertz CT molecular complexity index is 442. The van der Waals surface area contributed by atoms with Crippen LogP contribution in [0.15, 0.2) is 18.2 Å².